The number of ketones is 1. The van der Waals surface area contributed by atoms with Gasteiger partial charge in [0.2, 0.25) is 0 Å². The molecule has 1 aliphatic rings. The Kier molecular flexibility index (Phi) is 5.74. The van der Waals surface area contributed by atoms with E-state index in [0.29, 0.717) is 23.6 Å². The Morgan fingerprint density at radius 1 is 1.21 bits per heavy atom. The minimum Gasteiger partial charge on any atom is -0.507 e. The van der Waals surface area contributed by atoms with Crippen LogP contribution in [0.4, 0.5) is 4.39 Å². The Bertz CT molecular complexity index is 986. The number of aryl methyl sites for hydroxylation is 2. The molecular weight excluding hydrogens is 375 g/mol. The molecule has 0 radical (unpaired) electrons. The van der Waals surface area contributed by atoms with Crippen molar-refractivity contribution in [2.24, 2.45) is 0 Å². The van der Waals surface area contributed by atoms with Gasteiger partial charge in [-0.2, -0.15) is 0 Å². The van der Waals surface area contributed by atoms with Crippen LogP contribution in [0.25, 0.3) is 5.76 Å². The molecule has 1 aromatic carbocycles. The summed E-state index contributed by atoms with van der Waals surface area (Å²) in [5, 5.41) is 11.0. The second-order valence-corrected chi connectivity index (χ2v) is 7.26. The first-order valence-corrected chi connectivity index (χ1v) is 9.20. The summed E-state index contributed by atoms with van der Waals surface area (Å²) in [5.74, 6) is -1.71. The van der Waals surface area contributed by atoms with E-state index in [1.807, 2.05) is 19.0 Å². The van der Waals surface area contributed by atoms with Crippen molar-refractivity contribution in [1.29, 1.82) is 0 Å². The Hall–Kier alpha value is -3.13. The van der Waals surface area contributed by atoms with E-state index in [9.17, 15) is 19.1 Å². The summed E-state index contributed by atoms with van der Waals surface area (Å²) in [7, 11) is 3.72. The highest BCUT2D eigenvalue weighted by Crippen LogP contribution is 2.39. The van der Waals surface area contributed by atoms with Crippen LogP contribution in [0.15, 0.2) is 36.0 Å². The van der Waals surface area contributed by atoms with Gasteiger partial charge < -0.3 is 14.9 Å². The monoisotopic (exact) mass is 398 g/mol. The van der Waals surface area contributed by atoms with Crippen LogP contribution < -0.4 is 0 Å². The lowest BCUT2D eigenvalue weighted by Crippen LogP contribution is -2.35. The van der Waals surface area contributed by atoms with Gasteiger partial charge in [-0.15, -0.1) is 0 Å². The number of aliphatic hydroxyl groups excluding tert-OH is 1. The lowest BCUT2D eigenvalue weighted by molar-refractivity contribution is -0.140. The zero-order chi connectivity index (χ0) is 21.3. The number of aliphatic hydroxyl groups is 1. The highest BCUT2D eigenvalue weighted by molar-refractivity contribution is 6.46. The van der Waals surface area contributed by atoms with Crippen molar-refractivity contribution in [2.75, 3.05) is 27.2 Å². The van der Waals surface area contributed by atoms with Crippen molar-refractivity contribution >= 4 is 17.4 Å². The summed E-state index contributed by atoms with van der Waals surface area (Å²) < 4.78 is 13.5. The van der Waals surface area contributed by atoms with Crippen LogP contribution in [0.5, 0.6) is 0 Å². The van der Waals surface area contributed by atoms with E-state index < -0.39 is 23.5 Å². The van der Waals surface area contributed by atoms with E-state index in [0.717, 1.165) is 0 Å². The van der Waals surface area contributed by atoms with Gasteiger partial charge in [0.15, 0.2) is 0 Å². The number of likely N-dealkylation sites (tertiary alicyclic amines) is 1. The highest BCUT2D eigenvalue weighted by Gasteiger charge is 2.46. The number of aromatic nitrogens is 2. The first-order chi connectivity index (χ1) is 13.7. The highest BCUT2D eigenvalue weighted by atomic mass is 19.1. The maximum Gasteiger partial charge on any atom is 0.295 e. The average molecular weight is 398 g/mol. The van der Waals surface area contributed by atoms with Crippen molar-refractivity contribution in [3.63, 3.8) is 0 Å². The maximum atomic E-state index is 13.5. The maximum absolute atomic E-state index is 13.5. The number of Topliss-reactive ketones (excluding diaryl/α,β-unsaturated/α-hetero) is 1. The number of carbonyl (C=O) groups excluding carboxylic acids is 2. The van der Waals surface area contributed by atoms with Crippen LogP contribution in [0.2, 0.25) is 0 Å². The number of hydrogen-bond donors (Lipinski definition) is 1. The summed E-state index contributed by atoms with van der Waals surface area (Å²) >= 11 is 0. The van der Waals surface area contributed by atoms with Gasteiger partial charge in [-0.25, -0.2) is 14.4 Å². The van der Waals surface area contributed by atoms with Gasteiger partial charge >= 0.3 is 0 Å². The Morgan fingerprint density at radius 3 is 2.45 bits per heavy atom. The molecule has 1 N–H and O–H groups in total. The summed E-state index contributed by atoms with van der Waals surface area (Å²) in [6, 6.07) is 4.74. The minimum absolute atomic E-state index is 0.0454. The number of carbonyl (C=O) groups is 2. The fourth-order valence-corrected chi connectivity index (χ4v) is 3.37. The third kappa shape index (κ3) is 4.02. The molecule has 7 nitrogen and oxygen atoms in total. The normalized spacial score (nSPS) is 18.7. The van der Waals surface area contributed by atoms with Gasteiger partial charge in [-0.3, -0.25) is 9.59 Å². The van der Waals surface area contributed by atoms with Crippen molar-refractivity contribution in [1.82, 2.24) is 19.8 Å². The van der Waals surface area contributed by atoms with Crippen LogP contribution in [-0.2, 0) is 9.59 Å². The molecule has 1 aromatic heterocycles. The fraction of sp³-hybridized carbons (Fsp3) is 0.333. The number of rotatable bonds is 5. The number of benzene rings is 1. The first kappa shape index (κ1) is 20.6. The molecule has 2 heterocycles. The quantitative estimate of drug-likeness (QED) is 0.472. The van der Waals surface area contributed by atoms with E-state index in [1.165, 1.54) is 35.4 Å². The largest absolute Gasteiger partial charge is 0.507 e. The van der Waals surface area contributed by atoms with Gasteiger partial charge in [0.1, 0.15) is 17.4 Å². The zero-order valence-electron chi connectivity index (χ0n) is 16.8. The number of nitrogens with zero attached hydrogens (tertiary/aromatic N) is 4. The predicted octanol–water partition coefficient (Wildman–Crippen LogP) is 2.22. The second-order valence-electron chi connectivity index (χ2n) is 7.26. The van der Waals surface area contributed by atoms with Gasteiger partial charge in [0.25, 0.3) is 11.7 Å². The number of hydrogen-bond acceptors (Lipinski definition) is 6. The Balaban J connectivity index is 2.17. The zero-order valence-corrected chi connectivity index (χ0v) is 16.8. The van der Waals surface area contributed by atoms with Crippen molar-refractivity contribution in [3.8, 4) is 0 Å². The predicted molar refractivity (Wildman–Crippen MR) is 105 cm³/mol. The van der Waals surface area contributed by atoms with Crippen molar-refractivity contribution < 1.29 is 19.1 Å². The van der Waals surface area contributed by atoms with Crippen molar-refractivity contribution in [3.05, 3.63) is 64.5 Å². The lowest BCUT2D eigenvalue weighted by Gasteiger charge is -2.26. The molecule has 1 saturated heterocycles. The molecule has 1 atom stereocenters. The molecule has 8 heteroatoms. The molecule has 29 heavy (non-hydrogen) atoms. The fourth-order valence-electron chi connectivity index (χ4n) is 3.37. The van der Waals surface area contributed by atoms with Crippen LogP contribution in [-0.4, -0.2) is 63.7 Å². The smallest absolute Gasteiger partial charge is 0.295 e. The molecule has 3 rings (SSSR count). The topological polar surface area (TPSA) is 86.6 Å². The number of halogens is 1. The summed E-state index contributed by atoms with van der Waals surface area (Å²) in [5.41, 5.74) is 1.27. The third-order valence-electron chi connectivity index (χ3n) is 4.87. The lowest BCUT2D eigenvalue weighted by atomic mass is 9.95. The number of likely N-dealkylation sites (N-methyl/N-ethyl adjacent to an activating group) is 1. The molecular formula is C21H23FN4O3. The van der Waals surface area contributed by atoms with Crippen LogP contribution >= 0.6 is 0 Å². The standard InChI is InChI=1S/C21H23FN4O3/c1-12-16(11-23-13(2)24-12)19(27)17-18(14-5-7-15(22)8-6-14)26(10-9-25(3)4)21(29)20(17)28/h5-8,11,18,27H,9-10H2,1-4H3/b19-17+. The Morgan fingerprint density at radius 2 is 1.86 bits per heavy atom. The van der Waals surface area contributed by atoms with Crippen LogP contribution in [0, 0.1) is 19.7 Å². The molecule has 1 aliphatic heterocycles. The SMILES string of the molecule is Cc1ncc(/C(O)=C2\C(=O)C(=O)N(CCN(C)C)C2c2ccc(F)cc2)c(C)n1. The molecule has 2 aromatic rings. The summed E-state index contributed by atoms with van der Waals surface area (Å²) in [4.78, 5) is 37.2. The van der Waals surface area contributed by atoms with Gasteiger partial charge in [0, 0.05) is 19.3 Å². The number of amides is 1. The second kappa shape index (κ2) is 8.08. The molecule has 0 aliphatic carbocycles. The van der Waals surface area contributed by atoms with Crippen LogP contribution in [0.1, 0.15) is 28.7 Å². The molecule has 1 fully saturated rings. The average Bonchev–Trinajstić information content (AvgIpc) is 2.91. The van der Waals surface area contributed by atoms with E-state index in [1.54, 1.807) is 13.8 Å². The minimum atomic E-state index is -0.823. The molecule has 0 bridgehead atoms. The van der Waals surface area contributed by atoms with Gasteiger partial charge in [-0.1, -0.05) is 12.1 Å². The van der Waals surface area contributed by atoms with E-state index in [4.69, 9.17) is 0 Å². The van der Waals surface area contributed by atoms with Crippen LogP contribution in [0.3, 0.4) is 0 Å². The molecule has 0 saturated carbocycles. The molecule has 152 valence electrons. The molecule has 0 spiro atoms. The van der Waals surface area contributed by atoms with Gasteiger partial charge in [0.05, 0.1) is 22.9 Å². The van der Waals surface area contributed by atoms with E-state index >= 15 is 0 Å². The first-order valence-electron chi connectivity index (χ1n) is 9.20. The van der Waals surface area contributed by atoms with E-state index in [2.05, 4.69) is 9.97 Å². The van der Waals surface area contributed by atoms with Gasteiger partial charge in [-0.05, 0) is 45.6 Å². The molecule has 1 amide bonds. The van der Waals surface area contributed by atoms with E-state index in [-0.39, 0.29) is 23.4 Å². The Labute approximate surface area is 168 Å². The summed E-state index contributed by atoms with van der Waals surface area (Å²) in [6.07, 6.45) is 1.43. The van der Waals surface area contributed by atoms with Crippen molar-refractivity contribution in [2.45, 2.75) is 19.9 Å². The third-order valence-corrected chi connectivity index (χ3v) is 4.87. The summed E-state index contributed by atoms with van der Waals surface area (Å²) in [6.45, 7) is 4.21. The molecule has 1 unspecified atom stereocenters.